The highest BCUT2D eigenvalue weighted by atomic mass is 15.0. The van der Waals surface area contributed by atoms with Crippen molar-refractivity contribution in [1.29, 1.82) is 0 Å². The summed E-state index contributed by atoms with van der Waals surface area (Å²) in [5.41, 5.74) is 12.0. The molecule has 106 valence electrons. The van der Waals surface area contributed by atoms with E-state index in [0.29, 0.717) is 5.92 Å². The minimum absolute atomic E-state index is 0.407. The van der Waals surface area contributed by atoms with Crippen LogP contribution in [0.1, 0.15) is 77.6 Å². The lowest BCUT2D eigenvalue weighted by Gasteiger charge is -2.39. The fourth-order valence-electron chi connectivity index (χ4n) is 4.12. The molecule has 2 aliphatic rings. The standard InChI is InChI=1S/C16H32N2/c1-2-16(17,18)15-10-8-14(9-11-15)12-13-6-4-3-5-7-13/h13-15H,2-12,17-18H2,1H3. The van der Waals surface area contributed by atoms with Crippen LogP contribution in [0.25, 0.3) is 0 Å². The Bertz CT molecular complexity index is 235. The molecule has 0 saturated heterocycles. The van der Waals surface area contributed by atoms with Crippen molar-refractivity contribution in [3.8, 4) is 0 Å². The van der Waals surface area contributed by atoms with Crippen LogP contribution in [0.3, 0.4) is 0 Å². The zero-order valence-electron chi connectivity index (χ0n) is 12.2. The fourth-order valence-corrected chi connectivity index (χ4v) is 4.12. The van der Waals surface area contributed by atoms with Crippen molar-refractivity contribution < 1.29 is 0 Å². The zero-order chi connectivity index (χ0) is 13.0. The summed E-state index contributed by atoms with van der Waals surface area (Å²) in [4.78, 5) is 0. The first-order chi connectivity index (χ1) is 8.62. The molecule has 2 saturated carbocycles. The lowest BCUT2D eigenvalue weighted by Crippen LogP contribution is -2.55. The molecule has 0 unspecified atom stereocenters. The summed E-state index contributed by atoms with van der Waals surface area (Å²) in [6.07, 6.45) is 15.1. The molecule has 0 spiro atoms. The highest BCUT2D eigenvalue weighted by molar-refractivity contribution is 4.88. The first kappa shape index (κ1) is 14.3. The van der Waals surface area contributed by atoms with Crippen LogP contribution in [0.2, 0.25) is 0 Å². The normalized spacial score (nSPS) is 31.5. The number of hydrogen-bond donors (Lipinski definition) is 2. The van der Waals surface area contributed by atoms with Gasteiger partial charge < -0.3 is 11.5 Å². The van der Waals surface area contributed by atoms with E-state index in [1.54, 1.807) is 0 Å². The maximum Gasteiger partial charge on any atom is 0.0662 e. The topological polar surface area (TPSA) is 52.0 Å². The molecule has 2 nitrogen and oxygen atoms in total. The van der Waals surface area contributed by atoms with E-state index in [-0.39, 0.29) is 0 Å². The number of nitrogens with two attached hydrogens (primary N) is 2. The summed E-state index contributed by atoms with van der Waals surface area (Å²) in [6, 6.07) is 0. The number of rotatable bonds is 4. The van der Waals surface area contributed by atoms with Crippen molar-refractivity contribution in [2.45, 2.75) is 83.2 Å². The van der Waals surface area contributed by atoms with Crippen molar-refractivity contribution in [2.24, 2.45) is 29.2 Å². The lowest BCUT2D eigenvalue weighted by molar-refractivity contribution is 0.151. The molecule has 2 rings (SSSR count). The van der Waals surface area contributed by atoms with Crippen molar-refractivity contribution in [3.63, 3.8) is 0 Å². The Morgan fingerprint density at radius 1 is 0.833 bits per heavy atom. The van der Waals surface area contributed by atoms with Crippen LogP contribution >= 0.6 is 0 Å². The van der Waals surface area contributed by atoms with E-state index in [9.17, 15) is 0 Å². The molecule has 2 fully saturated rings. The molecule has 0 amide bonds. The molecular formula is C16H32N2. The van der Waals surface area contributed by atoms with Gasteiger partial charge in [-0.05, 0) is 43.4 Å². The van der Waals surface area contributed by atoms with Gasteiger partial charge >= 0.3 is 0 Å². The monoisotopic (exact) mass is 252 g/mol. The molecule has 0 aromatic heterocycles. The van der Waals surface area contributed by atoms with Crippen LogP contribution in [0.4, 0.5) is 0 Å². The molecule has 4 N–H and O–H groups in total. The van der Waals surface area contributed by atoms with Gasteiger partial charge in [-0.3, -0.25) is 0 Å². The van der Waals surface area contributed by atoms with E-state index in [2.05, 4.69) is 6.92 Å². The largest absolute Gasteiger partial charge is 0.313 e. The second-order valence-corrected chi connectivity index (χ2v) is 6.92. The van der Waals surface area contributed by atoms with E-state index in [4.69, 9.17) is 11.5 Å². The van der Waals surface area contributed by atoms with Crippen molar-refractivity contribution >= 4 is 0 Å². The van der Waals surface area contributed by atoms with E-state index >= 15 is 0 Å². The van der Waals surface area contributed by atoms with Gasteiger partial charge in [-0.15, -0.1) is 0 Å². The third-order valence-corrected chi connectivity index (χ3v) is 5.61. The highest BCUT2D eigenvalue weighted by Crippen LogP contribution is 2.39. The molecule has 2 aliphatic carbocycles. The minimum Gasteiger partial charge on any atom is -0.313 e. The summed E-state index contributed by atoms with van der Waals surface area (Å²) >= 11 is 0. The van der Waals surface area contributed by atoms with Crippen LogP contribution in [-0.2, 0) is 0 Å². The Labute approximate surface area is 113 Å². The Balaban J connectivity index is 1.73. The van der Waals surface area contributed by atoms with Gasteiger partial charge in [0.15, 0.2) is 0 Å². The van der Waals surface area contributed by atoms with E-state index in [1.807, 2.05) is 0 Å². The van der Waals surface area contributed by atoms with Gasteiger partial charge in [0.05, 0.1) is 5.66 Å². The zero-order valence-corrected chi connectivity index (χ0v) is 12.2. The smallest absolute Gasteiger partial charge is 0.0662 e. The third kappa shape index (κ3) is 3.71. The predicted octanol–water partition coefficient (Wildman–Crippen LogP) is 3.79. The molecule has 0 aliphatic heterocycles. The van der Waals surface area contributed by atoms with Gasteiger partial charge in [0.1, 0.15) is 0 Å². The summed E-state index contributed by atoms with van der Waals surface area (Å²) in [6.45, 7) is 2.12. The van der Waals surface area contributed by atoms with Gasteiger partial charge in [-0.25, -0.2) is 0 Å². The van der Waals surface area contributed by atoms with Crippen LogP contribution in [-0.4, -0.2) is 5.66 Å². The van der Waals surface area contributed by atoms with E-state index in [1.165, 1.54) is 64.2 Å². The molecule has 2 heteroatoms. The van der Waals surface area contributed by atoms with Crippen molar-refractivity contribution in [2.75, 3.05) is 0 Å². The Hall–Kier alpha value is -0.0800. The average Bonchev–Trinajstić information content (AvgIpc) is 2.40. The first-order valence-electron chi connectivity index (χ1n) is 8.19. The van der Waals surface area contributed by atoms with Crippen LogP contribution in [0.15, 0.2) is 0 Å². The number of hydrogen-bond acceptors (Lipinski definition) is 2. The van der Waals surface area contributed by atoms with E-state index < -0.39 is 5.66 Å². The second-order valence-electron chi connectivity index (χ2n) is 6.92. The van der Waals surface area contributed by atoms with Crippen LogP contribution in [0.5, 0.6) is 0 Å². The Morgan fingerprint density at radius 3 is 1.94 bits per heavy atom. The fraction of sp³-hybridized carbons (Fsp3) is 1.00. The summed E-state index contributed by atoms with van der Waals surface area (Å²) in [5, 5.41) is 0. The van der Waals surface area contributed by atoms with Crippen LogP contribution < -0.4 is 11.5 Å². The minimum atomic E-state index is -0.407. The molecule has 0 atom stereocenters. The Morgan fingerprint density at radius 2 is 1.39 bits per heavy atom. The molecule has 18 heavy (non-hydrogen) atoms. The second kappa shape index (κ2) is 6.38. The molecule has 0 heterocycles. The molecule has 0 aromatic rings. The van der Waals surface area contributed by atoms with E-state index in [0.717, 1.165) is 18.3 Å². The SMILES string of the molecule is CCC(N)(N)C1CCC(CC2CCCCC2)CC1. The molecule has 0 aromatic carbocycles. The van der Waals surface area contributed by atoms with Gasteiger partial charge in [0.2, 0.25) is 0 Å². The summed E-state index contributed by atoms with van der Waals surface area (Å²) < 4.78 is 0. The van der Waals surface area contributed by atoms with Gasteiger partial charge in [-0.2, -0.15) is 0 Å². The lowest BCUT2D eigenvalue weighted by atomic mass is 9.71. The van der Waals surface area contributed by atoms with Gasteiger partial charge in [-0.1, -0.05) is 51.9 Å². The third-order valence-electron chi connectivity index (χ3n) is 5.61. The quantitative estimate of drug-likeness (QED) is 0.748. The van der Waals surface area contributed by atoms with Crippen molar-refractivity contribution in [1.82, 2.24) is 0 Å². The Kier molecular flexibility index (Phi) is 5.08. The van der Waals surface area contributed by atoms with Crippen molar-refractivity contribution in [3.05, 3.63) is 0 Å². The highest BCUT2D eigenvalue weighted by Gasteiger charge is 2.33. The maximum atomic E-state index is 6.20. The molecular weight excluding hydrogens is 220 g/mol. The maximum absolute atomic E-state index is 6.20. The van der Waals surface area contributed by atoms with Gasteiger partial charge in [0.25, 0.3) is 0 Å². The first-order valence-corrected chi connectivity index (χ1v) is 8.19. The van der Waals surface area contributed by atoms with Gasteiger partial charge in [0, 0.05) is 0 Å². The molecule has 0 bridgehead atoms. The summed E-state index contributed by atoms with van der Waals surface area (Å²) in [7, 11) is 0. The van der Waals surface area contributed by atoms with Crippen LogP contribution in [0, 0.1) is 17.8 Å². The predicted molar refractivity (Wildman–Crippen MR) is 78.0 cm³/mol. The molecule has 0 radical (unpaired) electrons. The summed E-state index contributed by atoms with van der Waals surface area (Å²) in [5.74, 6) is 2.56. The average molecular weight is 252 g/mol.